The van der Waals surface area contributed by atoms with Gasteiger partial charge in [0.25, 0.3) is 0 Å². The number of pyridine rings is 1. The zero-order chi connectivity index (χ0) is 37.8. The van der Waals surface area contributed by atoms with E-state index in [1.165, 1.54) is 11.8 Å². The molecular formula is C39H55F3KN5O2S. The Morgan fingerprint density at radius 2 is 1.73 bits per heavy atom. The molecule has 1 heterocycles. The first-order valence-corrected chi connectivity index (χ1v) is 18.0. The molecule has 0 fully saturated rings. The number of nitrogens with zero attached hydrogens (tertiary/aromatic N) is 3. The molecule has 1 unspecified atom stereocenters. The number of carbonyl (C=O) groups is 2. The quantitative estimate of drug-likeness (QED) is 0.0512. The van der Waals surface area contributed by atoms with Crippen LogP contribution in [0.1, 0.15) is 70.1 Å². The number of alkyl halides is 3. The van der Waals surface area contributed by atoms with Gasteiger partial charge in [-0.25, -0.2) is 0 Å². The number of unbranched alkanes of at least 4 members (excludes halogenated alkanes) is 1. The van der Waals surface area contributed by atoms with E-state index in [4.69, 9.17) is 0 Å². The average molecular weight is 754 g/mol. The van der Waals surface area contributed by atoms with Gasteiger partial charge in [0, 0.05) is 24.5 Å². The summed E-state index contributed by atoms with van der Waals surface area (Å²) in [5.41, 5.74) is 1.95. The summed E-state index contributed by atoms with van der Waals surface area (Å²) in [7, 11) is 0. The van der Waals surface area contributed by atoms with Gasteiger partial charge in [-0.1, -0.05) is 80.8 Å². The zero-order valence-electron chi connectivity index (χ0n) is 31.5. The van der Waals surface area contributed by atoms with E-state index in [1.54, 1.807) is 12.4 Å². The minimum absolute atomic E-state index is 0. The normalized spacial score (nSPS) is 12.9. The number of halogens is 3. The second kappa shape index (κ2) is 30.2. The van der Waals surface area contributed by atoms with Crippen LogP contribution in [-0.4, -0.2) is 67.0 Å². The van der Waals surface area contributed by atoms with Gasteiger partial charge in [0.05, 0.1) is 10.5 Å². The molecule has 1 atom stereocenters. The number of likely N-dealkylation sites (N-methyl/N-ethyl adjacent to an activating group) is 1. The van der Waals surface area contributed by atoms with E-state index in [0.717, 1.165) is 41.1 Å². The van der Waals surface area contributed by atoms with Crippen molar-refractivity contribution in [3.63, 3.8) is 0 Å². The molecule has 1 aromatic carbocycles. The summed E-state index contributed by atoms with van der Waals surface area (Å²) in [6.45, 7) is 16.4. The standard InChI is InChI=1S/C26H36F3N2O.C11H15N3OS.C2H4.K/c1-5-8-15-22(13-6-2)25(17-11-12-19-30-18-7-3,23-16-10-9-14-21(23)4)24(32)31-20-26(27,28)29;1-3-13-10(15)8-14-11(16-2)9-5-4-6-12-7-9;1-2;/h5-6,8-10,13-16H,7,11-12,17-20H2,1-4H3,(H,31,32);4-7H,3,8H2,1-2H3,(H,13,15);1-2H2;/q-1;;;+1/b8-5-,13-6-,22-15+;;;. The number of amides is 2. The average Bonchev–Trinajstić information content (AvgIpc) is 3.11. The Morgan fingerprint density at radius 1 is 1.02 bits per heavy atom. The third-order valence-corrected chi connectivity index (χ3v) is 7.84. The molecule has 0 aliphatic heterocycles. The molecule has 0 radical (unpaired) electrons. The molecule has 0 saturated carbocycles. The zero-order valence-corrected chi connectivity index (χ0v) is 35.4. The second-order valence-corrected chi connectivity index (χ2v) is 11.6. The van der Waals surface area contributed by atoms with E-state index in [0.29, 0.717) is 31.5 Å². The van der Waals surface area contributed by atoms with Gasteiger partial charge >= 0.3 is 57.6 Å². The van der Waals surface area contributed by atoms with Crippen LogP contribution in [0.15, 0.2) is 103 Å². The van der Waals surface area contributed by atoms with Gasteiger partial charge in [-0.15, -0.1) is 38.0 Å². The molecular weight excluding hydrogens is 699 g/mol. The van der Waals surface area contributed by atoms with Gasteiger partial charge in [-0.05, 0) is 69.2 Å². The maximum absolute atomic E-state index is 13.6. The fourth-order valence-corrected chi connectivity index (χ4v) is 5.50. The minimum atomic E-state index is -4.49. The summed E-state index contributed by atoms with van der Waals surface area (Å²) < 4.78 is 39.0. The van der Waals surface area contributed by atoms with Crippen molar-refractivity contribution in [1.82, 2.24) is 15.6 Å². The molecule has 51 heavy (non-hydrogen) atoms. The van der Waals surface area contributed by atoms with E-state index in [1.807, 2.05) is 101 Å². The van der Waals surface area contributed by atoms with E-state index < -0.39 is 24.0 Å². The smallest absolute Gasteiger partial charge is 0.662 e. The Hall–Kier alpha value is -2.32. The summed E-state index contributed by atoms with van der Waals surface area (Å²) in [5, 5.41) is 10.2. The van der Waals surface area contributed by atoms with Crippen LogP contribution in [0.4, 0.5) is 13.2 Å². The topological polar surface area (TPSA) is 97.6 Å². The molecule has 0 saturated heterocycles. The van der Waals surface area contributed by atoms with Crippen LogP contribution in [0.3, 0.4) is 0 Å². The number of carbonyl (C=O) groups excluding carboxylic acids is 2. The van der Waals surface area contributed by atoms with Crippen molar-refractivity contribution in [2.75, 3.05) is 39.0 Å². The number of nitrogens with one attached hydrogen (secondary N) is 2. The molecule has 0 aliphatic carbocycles. The Kier molecular flexibility index (Phi) is 30.0. The SMILES string of the molecule is C=C.CCNC(=O)CN=C(SC)c1cccnc1.C\C=C/C=C(\C=C/C)C(CCCC[N-]CCC)(C(=O)NCC(F)(F)F)c1ccccc1C.[K+]. The van der Waals surface area contributed by atoms with E-state index >= 15 is 0 Å². The predicted molar refractivity (Wildman–Crippen MR) is 206 cm³/mol. The fraction of sp³-hybridized carbons (Fsp3) is 0.436. The van der Waals surface area contributed by atoms with Gasteiger partial charge in [0.1, 0.15) is 13.1 Å². The van der Waals surface area contributed by atoms with Crippen molar-refractivity contribution < 1.29 is 74.1 Å². The number of thioether (sulfide) groups is 1. The molecule has 1 aromatic heterocycles. The molecule has 12 heteroatoms. The molecule has 0 bridgehead atoms. The first-order valence-electron chi connectivity index (χ1n) is 16.8. The number of aromatic nitrogens is 1. The molecule has 0 aliphatic rings. The van der Waals surface area contributed by atoms with Crippen molar-refractivity contribution in [2.24, 2.45) is 4.99 Å². The van der Waals surface area contributed by atoms with Crippen molar-refractivity contribution in [3.8, 4) is 0 Å². The maximum atomic E-state index is 13.6. The predicted octanol–water partition coefficient (Wildman–Crippen LogP) is 6.08. The first kappa shape index (κ1) is 50.8. The fourth-order valence-electron chi connectivity index (χ4n) is 4.95. The number of rotatable bonds is 17. The van der Waals surface area contributed by atoms with Gasteiger partial charge < -0.3 is 16.0 Å². The summed E-state index contributed by atoms with van der Waals surface area (Å²) in [6, 6.07) is 11.2. The Bertz CT molecular complexity index is 1380. The largest absolute Gasteiger partial charge is 1.00 e. The van der Waals surface area contributed by atoms with Crippen molar-refractivity contribution >= 4 is 28.6 Å². The third-order valence-electron chi connectivity index (χ3n) is 7.09. The number of aryl methyl sites for hydroxylation is 1. The van der Waals surface area contributed by atoms with Gasteiger partial charge in [-0.2, -0.15) is 13.2 Å². The summed E-state index contributed by atoms with van der Waals surface area (Å²) in [5.74, 6) is -0.693. The Balaban J connectivity index is 0. The molecule has 0 spiro atoms. The van der Waals surface area contributed by atoms with E-state index in [2.05, 4.69) is 46.0 Å². The van der Waals surface area contributed by atoms with Crippen molar-refractivity contribution in [2.45, 2.75) is 71.9 Å². The number of allylic oxidation sites excluding steroid dienone is 5. The second-order valence-electron chi connectivity index (χ2n) is 10.8. The first-order chi connectivity index (χ1) is 24.0. The monoisotopic (exact) mass is 753 g/mol. The number of hydrogen-bond donors (Lipinski definition) is 2. The third kappa shape index (κ3) is 19.9. The van der Waals surface area contributed by atoms with Crippen molar-refractivity contribution in [1.29, 1.82) is 0 Å². The van der Waals surface area contributed by atoms with E-state index in [-0.39, 0.29) is 63.8 Å². The van der Waals surface area contributed by atoms with Crippen molar-refractivity contribution in [3.05, 3.63) is 120 Å². The summed E-state index contributed by atoms with van der Waals surface area (Å²) in [6.07, 6.45) is 12.8. The van der Waals surface area contributed by atoms with Crippen LogP contribution < -0.4 is 62.0 Å². The van der Waals surface area contributed by atoms with Gasteiger partial charge in [-0.3, -0.25) is 19.6 Å². The number of benzene rings is 1. The molecule has 276 valence electrons. The Labute approximate surface area is 351 Å². The molecule has 7 nitrogen and oxygen atoms in total. The summed E-state index contributed by atoms with van der Waals surface area (Å²) >= 11 is 1.51. The Morgan fingerprint density at radius 3 is 2.27 bits per heavy atom. The number of hydrogen-bond acceptors (Lipinski definition) is 5. The van der Waals surface area contributed by atoms with Gasteiger partial charge in [0.15, 0.2) is 0 Å². The molecule has 2 aromatic rings. The van der Waals surface area contributed by atoms with Crippen LogP contribution in [-0.2, 0) is 15.0 Å². The van der Waals surface area contributed by atoms with Gasteiger partial charge in [0.2, 0.25) is 11.8 Å². The van der Waals surface area contributed by atoms with Crippen LogP contribution >= 0.6 is 11.8 Å². The summed E-state index contributed by atoms with van der Waals surface area (Å²) in [4.78, 5) is 33.1. The molecule has 2 rings (SSSR count). The van der Waals surface area contributed by atoms with Crippen LogP contribution in [0, 0.1) is 6.92 Å². The minimum Gasteiger partial charge on any atom is -0.662 e. The molecule has 2 amide bonds. The molecule has 2 N–H and O–H groups in total. The van der Waals surface area contributed by atoms with Crippen LogP contribution in [0.2, 0.25) is 0 Å². The maximum Gasteiger partial charge on any atom is 1.00 e. The van der Waals surface area contributed by atoms with Crippen LogP contribution in [0.5, 0.6) is 0 Å². The van der Waals surface area contributed by atoms with E-state index in [9.17, 15) is 22.8 Å². The number of aliphatic imine (C=N–C) groups is 1. The van der Waals surface area contributed by atoms with Crippen LogP contribution in [0.25, 0.3) is 5.32 Å².